The fraction of sp³-hybridized carbons (Fsp3) is 0.269. The van der Waals surface area contributed by atoms with Crippen molar-refractivity contribution in [3.8, 4) is 11.5 Å². The smallest absolute Gasteiger partial charge is 0.290 e. The Labute approximate surface area is 202 Å². The quantitative estimate of drug-likeness (QED) is 0.476. The summed E-state index contributed by atoms with van der Waals surface area (Å²) in [6.45, 7) is 3.87. The SMILES string of the molecule is COc1ccc(OC)c(C2C(C(=O)c3sc(C)nc3C)=C(O)C(=O)N2CCc2ccccc2)c1. The molecule has 1 aliphatic heterocycles. The van der Waals surface area contributed by atoms with E-state index in [2.05, 4.69) is 4.98 Å². The van der Waals surface area contributed by atoms with Crippen molar-refractivity contribution in [2.45, 2.75) is 26.3 Å². The van der Waals surface area contributed by atoms with Gasteiger partial charge in [-0.25, -0.2) is 4.98 Å². The van der Waals surface area contributed by atoms with Crippen molar-refractivity contribution in [1.82, 2.24) is 9.88 Å². The van der Waals surface area contributed by atoms with Gasteiger partial charge in [0.2, 0.25) is 5.78 Å². The molecule has 1 amide bonds. The Morgan fingerprint density at radius 1 is 1.12 bits per heavy atom. The molecule has 0 radical (unpaired) electrons. The lowest BCUT2D eigenvalue weighted by molar-refractivity contribution is -0.129. The van der Waals surface area contributed by atoms with Gasteiger partial charge >= 0.3 is 0 Å². The van der Waals surface area contributed by atoms with E-state index in [1.807, 2.05) is 37.3 Å². The number of hydrogen-bond acceptors (Lipinski definition) is 7. The van der Waals surface area contributed by atoms with Crippen molar-refractivity contribution in [2.75, 3.05) is 20.8 Å². The van der Waals surface area contributed by atoms with Crippen LogP contribution in [0.5, 0.6) is 11.5 Å². The zero-order valence-corrected chi connectivity index (χ0v) is 20.3. The number of aliphatic hydroxyl groups is 1. The zero-order chi connectivity index (χ0) is 24.4. The molecule has 1 unspecified atom stereocenters. The number of thiazole rings is 1. The summed E-state index contributed by atoms with van der Waals surface area (Å²) in [5, 5.41) is 11.7. The lowest BCUT2D eigenvalue weighted by atomic mass is 9.94. The van der Waals surface area contributed by atoms with Gasteiger partial charge in [-0.05, 0) is 44.0 Å². The average molecular weight is 479 g/mol. The molecule has 1 aromatic heterocycles. The molecule has 2 aromatic carbocycles. The number of amides is 1. The molecule has 2 heterocycles. The number of carbonyl (C=O) groups is 2. The van der Waals surface area contributed by atoms with E-state index in [9.17, 15) is 14.7 Å². The van der Waals surface area contributed by atoms with E-state index in [-0.39, 0.29) is 5.57 Å². The van der Waals surface area contributed by atoms with Crippen molar-refractivity contribution in [3.05, 3.63) is 86.6 Å². The van der Waals surface area contributed by atoms with Gasteiger partial charge in [-0.1, -0.05) is 30.3 Å². The summed E-state index contributed by atoms with van der Waals surface area (Å²) < 4.78 is 11.0. The highest BCUT2D eigenvalue weighted by Gasteiger charge is 2.45. The highest BCUT2D eigenvalue weighted by atomic mass is 32.1. The van der Waals surface area contributed by atoms with Gasteiger partial charge in [0, 0.05) is 12.1 Å². The molecular weight excluding hydrogens is 452 g/mol. The van der Waals surface area contributed by atoms with Crippen LogP contribution in [0.3, 0.4) is 0 Å². The van der Waals surface area contributed by atoms with Crippen LogP contribution in [0.15, 0.2) is 59.9 Å². The summed E-state index contributed by atoms with van der Waals surface area (Å²) in [4.78, 5) is 33.3. The van der Waals surface area contributed by atoms with Gasteiger partial charge in [-0.2, -0.15) is 0 Å². The number of rotatable bonds is 8. The maximum absolute atomic E-state index is 13.7. The number of benzene rings is 2. The first-order valence-electron chi connectivity index (χ1n) is 10.8. The van der Waals surface area contributed by atoms with Crippen molar-refractivity contribution in [1.29, 1.82) is 0 Å². The molecule has 3 aromatic rings. The van der Waals surface area contributed by atoms with E-state index < -0.39 is 23.5 Å². The molecule has 0 fully saturated rings. The highest BCUT2D eigenvalue weighted by Crippen LogP contribution is 2.44. The Kier molecular flexibility index (Phi) is 6.70. The van der Waals surface area contributed by atoms with Crippen LogP contribution in [0.25, 0.3) is 0 Å². The molecule has 176 valence electrons. The number of nitrogens with zero attached hydrogens (tertiary/aromatic N) is 2. The largest absolute Gasteiger partial charge is 0.503 e. The summed E-state index contributed by atoms with van der Waals surface area (Å²) in [6.07, 6.45) is 0.558. The monoisotopic (exact) mass is 478 g/mol. The number of aromatic nitrogens is 1. The van der Waals surface area contributed by atoms with Crippen LogP contribution in [0.1, 0.15) is 37.5 Å². The van der Waals surface area contributed by atoms with Crippen molar-refractivity contribution < 1.29 is 24.2 Å². The number of carbonyl (C=O) groups excluding carboxylic acids is 2. The van der Waals surface area contributed by atoms with Crippen LogP contribution in [-0.2, 0) is 11.2 Å². The number of aliphatic hydroxyl groups excluding tert-OH is 1. The molecule has 0 saturated heterocycles. The number of methoxy groups -OCH3 is 2. The van der Waals surface area contributed by atoms with Gasteiger partial charge in [-0.15, -0.1) is 11.3 Å². The van der Waals surface area contributed by atoms with Gasteiger partial charge in [0.15, 0.2) is 5.76 Å². The number of Topliss-reactive ketones (excluding diaryl/α,β-unsaturated/α-hetero) is 1. The van der Waals surface area contributed by atoms with E-state index in [1.165, 1.54) is 23.3 Å². The summed E-state index contributed by atoms with van der Waals surface area (Å²) in [5.41, 5.74) is 2.20. The molecule has 0 spiro atoms. The van der Waals surface area contributed by atoms with Crippen LogP contribution < -0.4 is 9.47 Å². The number of aryl methyl sites for hydroxylation is 2. The lowest BCUT2D eigenvalue weighted by Gasteiger charge is -2.28. The Morgan fingerprint density at radius 3 is 2.47 bits per heavy atom. The van der Waals surface area contributed by atoms with Crippen molar-refractivity contribution >= 4 is 23.0 Å². The van der Waals surface area contributed by atoms with Crippen LogP contribution in [0, 0.1) is 13.8 Å². The van der Waals surface area contributed by atoms with Crippen molar-refractivity contribution in [3.63, 3.8) is 0 Å². The van der Waals surface area contributed by atoms with Crippen LogP contribution in [0.4, 0.5) is 0 Å². The van der Waals surface area contributed by atoms with Crippen molar-refractivity contribution in [2.24, 2.45) is 0 Å². The number of ether oxygens (including phenoxy) is 2. The Balaban J connectivity index is 1.83. The van der Waals surface area contributed by atoms with Gasteiger partial charge in [0.05, 0.1) is 41.4 Å². The fourth-order valence-corrected chi connectivity index (χ4v) is 5.13. The molecule has 34 heavy (non-hydrogen) atoms. The van der Waals surface area contributed by atoms with E-state index in [4.69, 9.17) is 9.47 Å². The maximum atomic E-state index is 13.7. The molecule has 8 heteroatoms. The van der Waals surface area contributed by atoms with E-state index in [0.29, 0.717) is 40.6 Å². The molecule has 0 bridgehead atoms. The molecule has 4 rings (SSSR count). The molecule has 1 atom stereocenters. The summed E-state index contributed by atoms with van der Waals surface area (Å²) >= 11 is 1.25. The predicted molar refractivity (Wildman–Crippen MR) is 130 cm³/mol. The third kappa shape index (κ3) is 4.28. The zero-order valence-electron chi connectivity index (χ0n) is 19.5. The third-order valence-electron chi connectivity index (χ3n) is 5.87. The van der Waals surface area contributed by atoms with Gasteiger partial charge in [-0.3, -0.25) is 9.59 Å². The van der Waals surface area contributed by atoms with E-state index in [0.717, 1.165) is 10.6 Å². The number of ketones is 1. The standard InChI is InChI=1S/C26H26N2O5S/c1-15-25(34-16(2)27-15)23(29)21-22(19-14-18(32-3)10-11-20(19)33-4)28(26(31)24(21)30)13-12-17-8-6-5-7-9-17/h5-11,14,22,30H,12-13H2,1-4H3. The fourth-order valence-electron chi connectivity index (χ4n) is 4.25. The molecule has 1 N–H and O–H groups in total. The predicted octanol–water partition coefficient (Wildman–Crippen LogP) is 4.60. The minimum absolute atomic E-state index is 0.0244. The topological polar surface area (TPSA) is 89.0 Å². The second kappa shape index (κ2) is 9.69. The minimum atomic E-state index is -0.837. The lowest BCUT2D eigenvalue weighted by Crippen LogP contribution is -2.33. The normalized spacial score (nSPS) is 15.7. The molecule has 7 nitrogen and oxygen atoms in total. The summed E-state index contributed by atoms with van der Waals surface area (Å²) in [6, 6.07) is 14.1. The summed E-state index contributed by atoms with van der Waals surface area (Å²) in [5.74, 6) is -0.507. The second-order valence-corrected chi connectivity index (χ2v) is 9.19. The Bertz CT molecular complexity index is 1270. The van der Waals surface area contributed by atoms with E-state index >= 15 is 0 Å². The Hall–Kier alpha value is -3.65. The highest BCUT2D eigenvalue weighted by molar-refractivity contribution is 7.14. The van der Waals surface area contributed by atoms with Crippen LogP contribution in [0.2, 0.25) is 0 Å². The first-order valence-corrected chi connectivity index (χ1v) is 11.7. The molecule has 1 aliphatic rings. The van der Waals surface area contributed by atoms with Gasteiger partial charge in [0.25, 0.3) is 5.91 Å². The molecular formula is C26H26N2O5S. The molecule has 0 aliphatic carbocycles. The van der Waals surface area contributed by atoms with E-state index in [1.54, 1.807) is 32.2 Å². The Morgan fingerprint density at radius 2 is 1.85 bits per heavy atom. The van der Waals surface area contributed by atoms with Gasteiger partial charge < -0.3 is 19.5 Å². The average Bonchev–Trinajstić information content (AvgIpc) is 3.32. The first kappa shape index (κ1) is 23.5. The summed E-state index contributed by atoms with van der Waals surface area (Å²) in [7, 11) is 3.07. The van der Waals surface area contributed by atoms with Crippen LogP contribution in [-0.4, -0.2) is 47.4 Å². The number of hydrogen-bond donors (Lipinski definition) is 1. The third-order valence-corrected chi connectivity index (χ3v) is 6.95. The second-order valence-electron chi connectivity index (χ2n) is 7.98. The van der Waals surface area contributed by atoms with Crippen LogP contribution >= 0.6 is 11.3 Å². The first-order chi connectivity index (χ1) is 16.3. The maximum Gasteiger partial charge on any atom is 0.290 e. The minimum Gasteiger partial charge on any atom is -0.503 e. The van der Waals surface area contributed by atoms with Gasteiger partial charge in [0.1, 0.15) is 11.5 Å². The molecule has 0 saturated carbocycles.